The van der Waals surface area contributed by atoms with E-state index in [4.69, 9.17) is 15.2 Å². The Morgan fingerprint density at radius 3 is 2.32 bits per heavy atom. The third-order valence-electron chi connectivity index (χ3n) is 3.79. The highest BCUT2D eigenvalue weighted by Crippen LogP contribution is 2.37. The Bertz CT molecular complexity index is 572. The molecule has 0 spiro atoms. The van der Waals surface area contributed by atoms with Gasteiger partial charge in [0.1, 0.15) is 11.5 Å². The molecule has 1 aliphatic heterocycles. The van der Waals surface area contributed by atoms with Crippen molar-refractivity contribution in [3.05, 3.63) is 18.2 Å². The number of piperidine rings is 1. The van der Waals surface area contributed by atoms with Gasteiger partial charge in [-0.3, -0.25) is 0 Å². The SMILES string of the molecule is COc1cccc(OC)c1S(=O)(=O)N1CCCCC1CN.Cl. The first-order valence-corrected chi connectivity index (χ1v) is 8.43. The van der Waals surface area contributed by atoms with Crippen molar-refractivity contribution in [3.8, 4) is 11.5 Å². The van der Waals surface area contributed by atoms with Crippen molar-refractivity contribution >= 4 is 22.4 Å². The fraction of sp³-hybridized carbons (Fsp3) is 0.571. The van der Waals surface area contributed by atoms with Gasteiger partial charge in [-0.2, -0.15) is 4.31 Å². The highest BCUT2D eigenvalue weighted by atomic mass is 35.5. The number of ether oxygens (including phenoxy) is 2. The minimum atomic E-state index is -3.71. The quantitative estimate of drug-likeness (QED) is 0.872. The fourth-order valence-electron chi connectivity index (χ4n) is 2.71. The number of sulfonamides is 1. The van der Waals surface area contributed by atoms with E-state index < -0.39 is 10.0 Å². The van der Waals surface area contributed by atoms with Crippen LogP contribution in [0.2, 0.25) is 0 Å². The summed E-state index contributed by atoms with van der Waals surface area (Å²) in [4.78, 5) is 0.0790. The average Bonchev–Trinajstić information content (AvgIpc) is 2.53. The molecular weight excluding hydrogens is 328 g/mol. The molecule has 1 saturated heterocycles. The van der Waals surface area contributed by atoms with E-state index in [0.717, 1.165) is 19.3 Å². The predicted octanol–water partition coefficient (Wildman–Crippen LogP) is 1.63. The molecule has 1 aromatic rings. The maximum atomic E-state index is 13.0. The lowest BCUT2D eigenvalue weighted by Crippen LogP contribution is -2.47. The Morgan fingerprint density at radius 2 is 1.82 bits per heavy atom. The molecule has 22 heavy (non-hydrogen) atoms. The lowest BCUT2D eigenvalue weighted by molar-refractivity contribution is 0.255. The van der Waals surface area contributed by atoms with Gasteiger partial charge in [0.15, 0.2) is 4.90 Å². The summed E-state index contributed by atoms with van der Waals surface area (Å²) < 4.78 is 38.0. The lowest BCUT2D eigenvalue weighted by atomic mass is 10.1. The Hall–Kier alpha value is -1.02. The van der Waals surface area contributed by atoms with Gasteiger partial charge in [0, 0.05) is 19.1 Å². The van der Waals surface area contributed by atoms with Crippen LogP contribution in [0.25, 0.3) is 0 Å². The molecule has 126 valence electrons. The molecule has 6 nitrogen and oxygen atoms in total. The Balaban J connectivity index is 0.00000242. The summed E-state index contributed by atoms with van der Waals surface area (Å²) in [6.45, 7) is 0.794. The standard InChI is InChI=1S/C14H22N2O4S.ClH/c1-19-12-7-5-8-13(20-2)14(12)21(17,18)16-9-4-3-6-11(16)10-15;/h5,7-8,11H,3-4,6,9-10,15H2,1-2H3;1H. The minimum Gasteiger partial charge on any atom is -0.495 e. The first-order valence-electron chi connectivity index (χ1n) is 6.99. The van der Waals surface area contributed by atoms with Crippen molar-refractivity contribution < 1.29 is 17.9 Å². The third kappa shape index (κ3) is 3.48. The smallest absolute Gasteiger partial charge is 0.250 e. The van der Waals surface area contributed by atoms with Crippen LogP contribution < -0.4 is 15.2 Å². The summed E-state index contributed by atoms with van der Waals surface area (Å²) in [6.07, 6.45) is 2.62. The molecule has 2 rings (SSSR count). The van der Waals surface area contributed by atoms with Gasteiger partial charge >= 0.3 is 0 Å². The normalized spacial score (nSPS) is 19.3. The summed E-state index contributed by atoms with van der Waals surface area (Å²) in [5, 5.41) is 0. The molecule has 0 radical (unpaired) electrons. The molecule has 0 aromatic heterocycles. The van der Waals surface area contributed by atoms with E-state index in [2.05, 4.69) is 0 Å². The molecule has 0 aliphatic carbocycles. The van der Waals surface area contributed by atoms with E-state index >= 15 is 0 Å². The summed E-state index contributed by atoms with van der Waals surface area (Å²) >= 11 is 0. The molecule has 0 amide bonds. The average molecular weight is 351 g/mol. The Labute approximate surface area is 138 Å². The van der Waals surface area contributed by atoms with Gasteiger partial charge in [0.25, 0.3) is 10.0 Å². The maximum absolute atomic E-state index is 13.0. The molecule has 1 fully saturated rings. The second-order valence-corrected chi connectivity index (χ2v) is 6.82. The first kappa shape index (κ1) is 19.0. The van der Waals surface area contributed by atoms with Gasteiger partial charge in [0.2, 0.25) is 0 Å². The molecule has 8 heteroatoms. The molecule has 1 heterocycles. The maximum Gasteiger partial charge on any atom is 0.250 e. The monoisotopic (exact) mass is 350 g/mol. The number of benzene rings is 1. The topological polar surface area (TPSA) is 81.9 Å². The molecule has 1 aliphatic rings. The van der Waals surface area contributed by atoms with Crippen molar-refractivity contribution in [1.29, 1.82) is 0 Å². The number of hydrogen-bond acceptors (Lipinski definition) is 5. The van der Waals surface area contributed by atoms with Crippen LogP contribution in [0.4, 0.5) is 0 Å². The van der Waals surface area contributed by atoms with Crippen molar-refractivity contribution in [2.24, 2.45) is 5.73 Å². The van der Waals surface area contributed by atoms with Crippen LogP contribution in [0, 0.1) is 0 Å². The number of nitrogens with two attached hydrogens (primary N) is 1. The van der Waals surface area contributed by atoms with Gasteiger partial charge in [-0.15, -0.1) is 12.4 Å². The van der Waals surface area contributed by atoms with E-state index in [9.17, 15) is 8.42 Å². The Kier molecular flexibility index (Phi) is 6.93. The van der Waals surface area contributed by atoms with Crippen molar-refractivity contribution in [2.75, 3.05) is 27.3 Å². The number of nitrogens with zero attached hydrogens (tertiary/aromatic N) is 1. The molecule has 0 bridgehead atoms. The van der Waals surface area contributed by atoms with Gasteiger partial charge in [-0.05, 0) is 25.0 Å². The van der Waals surface area contributed by atoms with E-state index in [1.807, 2.05) is 0 Å². The van der Waals surface area contributed by atoms with Gasteiger partial charge in [-0.25, -0.2) is 8.42 Å². The zero-order chi connectivity index (χ0) is 15.5. The van der Waals surface area contributed by atoms with Crippen LogP contribution in [-0.4, -0.2) is 46.1 Å². The summed E-state index contributed by atoms with van der Waals surface area (Å²) in [7, 11) is -0.808. The third-order valence-corrected chi connectivity index (χ3v) is 5.81. The molecule has 0 saturated carbocycles. The number of methoxy groups -OCH3 is 2. The predicted molar refractivity (Wildman–Crippen MR) is 87.4 cm³/mol. The Morgan fingerprint density at radius 1 is 1.23 bits per heavy atom. The zero-order valence-corrected chi connectivity index (χ0v) is 14.5. The molecular formula is C14H23ClN2O4S. The van der Waals surface area contributed by atoms with Crippen LogP contribution in [0.15, 0.2) is 23.1 Å². The van der Waals surface area contributed by atoms with E-state index in [1.54, 1.807) is 18.2 Å². The second-order valence-electron chi connectivity index (χ2n) is 4.99. The van der Waals surface area contributed by atoms with Crippen LogP contribution >= 0.6 is 12.4 Å². The fourth-order valence-corrected chi connectivity index (χ4v) is 4.71. The molecule has 1 atom stereocenters. The number of rotatable bonds is 5. The summed E-state index contributed by atoms with van der Waals surface area (Å²) in [5.41, 5.74) is 5.74. The van der Waals surface area contributed by atoms with Crippen LogP contribution in [0.3, 0.4) is 0 Å². The highest BCUT2D eigenvalue weighted by Gasteiger charge is 2.36. The highest BCUT2D eigenvalue weighted by molar-refractivity contribution is 7.89. The molecule has 1 aromatic carbocycles. The van der Waals surface area contributed by atoms with E-state index in [0.29, 0.717) is 13.1 Å². The van der Waals surface area contributed by atoms with Gasteiger partial charge < -0.3 is 15.2 Å². The first-order chi connectivity index (χ1) is 10.1. The van der Waals surface area contributed by atoms with Crippen molar-refractivity contribution in [1.82, 2.24) is 4.31 Å². The lowest BCUT2D eigenvalue weighted by Gasteiger charge is -2.34. The summed E-state index contributed by atoms with van der Waals surface area (Å²) in [6, 6.07) is 4.78. The number of hydrogen-bond donors (Lipinski definition) is 1. The van der Waals surface area contributed by atoms with Crippen LogP contribution in [0.1, 0.15) is 19.3 Å². The second kappa shape index (κ2) is 8.01. The van der Waals surface area contributed by atoms with Crippen molar-refractivity contribution in [3.63, 3.8) is 0 Å². The van der Waals surface area contributed by atoms with Crippen molar-refractivity contribution in [2.45, 2.75) is 30.2 Å². The van der Waals surface area contributed by atoms with Crippen LogP contribution in [-0.2, 0) is 10.0 Å². The van der Waals surface area contributed by atoms with Crippen LogP contribution in [0.5, 0.6) is 11.5 Å². The van der Waals surface area contributed by atoms with E-state index in [1.165, 1.54) is 18.5 Å². The van der Waals surface area contributed by atoms with Gasteiger partial charge in [-0.1, -0.05) is 12.5 Å². The molecule has 2 N–H and O–H groups in total. The minimum absolute atomic E-state index is 0. The largest absolute Gasteiger partial charge is 0.495 e. The van der Waals surface area contributed by atoms with E-state index in [-0.39, 0.29) is 34.8 Å². The molecule has 1 unspecified atom stereocenters. The zero-order valence-electron chi connectivity index (χ0n) is 12.8. The van der Waals surface area contributed by atoms with Gasteiger partial charge in [0.05, 0.1) is 14.2 Å². The summed E-state index contributed by atoms with van der Waals surface area (Å²) in [5.74, 6) is 0.575. The number of halogens is 1.